The zero-order valence-electron chi connectivity index (χ0n) is 16.5. The highest BCUT2D eigenvalue weighted by atomic mass is 16.5. The molecular weight excluding hydrogens is 390 g/mol. The lowest BCUT2D eigenvalue weighted by Gasteiger charge is -2.14. The molecule has 0 saturated carbocycles. The Hall–Kier alpha value is -4.37. The second-order valence-electron chi connectivity index (χ2n) is 7.24. The number of fused-ring (bicyclic) bond motifs is 3. The average molecular weight is 407 g/mol. The number of aromatic nitrogens is 2. The molecule has 6 nitrogen and oxygen atoms in total. The molecule has 6 heteroatoms. The number of hydrogen-bond donors (Lipinski definition) is 0. The van der Waals surface area contributed by atoms with Crippen LogP contribution < -0.4 is 5.43 Å². The van der Waals surface area contributed by atoms with Gasteiger partial charge in [0.15, 0.2) is 5.43 Å². The van der Waals surface area contributed by atoms with Crippen molar-refractivity contribution < 1.29 is 9.53 Å². The molecule has 0 fully saturated rings. The Kier molecular flexibility index (Phi) is 4.49. The number of benzene rings is 2. The van der Waals surface area contributed by atoms with Gasteiger partial charge in [-0.25, -0.2) is 0 Å². The Bertz CT molecular complexity index is 1510. The summed E-state index contributed by atoms with van der Waals surface area (Å²) in [6, 6.07) is 22.2. The molecule has 0 bridgehead atoms. The second-order valence-corrected chi connectivity index (χ2v) is 7.24. The molecule has 31 heavy (non-hydrogen) atoms. The maximum atomic E-state index is 12.8. The zero-order valence-corrected chi connectivity index (χ0v) is 16.5. The molecule has 150 valence electrons. The van der Waals surface area contributed by atoms with Gasteiger partial charge in [0, 0.05) is 28.7 Å². The third-order valence-electron chi connectivity index (χ3n) is 5.43. The number of carbonyl (C=O) groups is 1. The van der Waals surface area contributed by atoms with Crippen LogP contribution in [0.25, 0.3) is 27.3 Å². The summed E-state index contributed by atoms with van der Waals surface area (Å²) in [7, 11) is 0. The monoisotopic (exact) mass is 407 g/mol. The van der Waals surface area contributed by atoms with Gasteiger partial charge >= 0.3 is 5.97 Å². The van der Waals surface area contributed by atoms with E-state index in [0.717, 1.165) is 5.52 Å². The van der Waals surface area contributed by atoms with E-state index < -0.39 is 5.97 Å². The van der Waals surface area contributed by atoms with Gasteiger partial charge < -0.3 is 13.7 Å². The van der Waals surface area contributed by atoms with Crippen molar-refractivity contribution in [1.82, 2.24) is 8.97 Å². The van der Waals surface area contributed by atoms with E-state index in [0.29, 0.717) is 32.9 Å². The summed E-state index contributed by atoms with van der Waals surface area (Å²) in [6.45, 7) is -0.0456. The molecule has 0 aliphatic heterocycles. The zero-order chi connectivity index (χ0) is 21.4. The van der Waals surface area contributed by atoms with Crippen LogP contribution in [0, 0.1) is 11.3 Å². The highest BCUT2D eigenvalue weighted by Crippen LogP contribution is 2.21. The topological polar surface area (TPSA) is 76.5 Å². The summed E-state index contributed by atoms with van der Waals surface area (Å²) in [6.07, 6.45) is 3.64. The van der Waals surface area contributed by atoms with Gasteiger partial charge in [-0.15, -0.1) is 0 Å². The Labute approximate surface area is 177 Å². The van der Waals surface area contributed by atoms with E-state index in [4.69, 9.17) is 4.74 Å². The molecule has 0 saturated heterocycles. The first-order chi connectivity index (χ1) is 15.2. The fraction of sp³-hybridized carbons (Fsp3) is 0.0800. The van der Waals surface area contributed by atoms with Crippen LogP contribution in [0.5, 0.6) is 0 Å². The van der Waals surface area contributed by atoms with Crippen molar-refractivity contribution in [3.05, 3.63) is 100 Å². The molecule has 0 spiro atoms. The molecule has 0 N–H and O–H groups in total. The molecule has 0 unspecified atom stereocenters. The molecule has 0 aliphatic carbocycles. The largest absolute Gasteiger partial charge is 0.459 e. The normalized spacial score (nSPS) is 11.1. The Morgan fingerprint density at radius 1 is 0.903 bits per heavy atom. The highest BCUT2D eigenvalue weighted by Gasteiger charge is 2.15. The maximum Gasteiger partial charge on any atom is 0.326 e. The van der Waals surface area contributed by atoms with Crippen molar-refractivity contribution in [2.45, 2.75) is 13.2 Å². The van der Waals surface area contributed by atoms with Crippen LogP contribution in [-0.4, -0.2) is 14.9 Å². The lowest BCUT2D eigenvalue weighted by molar-refractivity contribution is -0.145. The molecule has 0 atom stereocenters. The second kappa shape index (κ2) is 7.47. The van der Waals surface area contributed by atoms with Gasteiger partial charge in [0.05, 0.1) is 22.1 Å². The first kappa shape index (κ1) is 18.6. The molecule has 0 radical (unpaired) electrons. The average Bonchev–Trinajstić information content (AvgIpc) is 3.18. The van der Waals surface area contributed by atoms with Gasteiger partial charge in [-0.2, -0.15) is 5.26 Å². The number of carbonyl (C=O) groups excluding carboxylic acids is 1. The Morgan fingerprint density at radius 3 is 2.19 bits per heavy atom. The number of hydrogen-bond acceptors (Lipinski definition) is 4. The predicted molar refractivity (Wildman–Crippen MR) is 118 cm³/mol. The van der Waals surface area contributed by atoms with Crippen LogP contribution in [0.3, 0.4) is 0 Å². The number of para-hydroxylation sites is 2. The molecular formula is C25H17N3O3. The molecule has 0 amide bonds. The Balaban J connectivity index is 1.48. The summed E-state index contributed by atoms with van der Waals surface area (Å²) < 4.78 is 9.17. The quantitative estimate of drug-likeness (QED) is 0.333. The first-order valence-electron chi connectivity index (χ1n) is 9.82. The van der Waals surface area contributed by atoms with Gasteiger partial charge in [-0.3, -0.25) is 9.59 Å². The minimum absolute atomic E-state index is 0.000525. The molecule has 3 aromatic heterocycles. The number of esters is 1. The fourth-order valence-corrected chi connectivity index (χ4v) is 4.00. The van der Waals surface area contributed by atoms with Gasteiger partial charge in [0.1, 0.15) is 19.2 Å². The van der Waals surface area contributed by atoms with Gasteiger partial charge in [-0.05, 0) is 36.4 Å². The predicted octanol–water partition coefficient (Wildman–Crippen LogP) is 4.02. The van der Waals surface area contributed by atoms with E-state index in [-0.39, 0.29) is 18.6 Å². The van der Waals surface area contributed by atoms with Crippen LogP contribution in [0.1, 0.15) is 11.1 Å². The summed E-state index contributed by atoms with van der Waals surface area (Å²) >= 11 is 0. The van der Waals surface area contributed by atoms with E-state index in [9.17, 15) is 14.9 Å². The van der Waals surface area contributed by atoms with E-state index >= 15 is 0 Å². The third-order valence-corrected chi connectivity index (χ3v) is 5.43. The van der Waals surface area contributed by atoms with Gasteiger partial charge in [0.2, 0.25) is 0 Å². The number of ether oxygens (including phenoxy) is 1. The maximum absolute atomic E-state index is 12.8. The van der Waals surface area contributed by atoms with Crippen molar-refractivity contribution in [2.75, 3.05) is 0 Å². The molecule has 5 aromatic rings. The lowest BCUT2D eigenvalue weighted by atomic mass is 10.1. The smallest absolute Gasteiger partial charge is 0.326 e. The number of nitrogens with zero attached hydrogens (tertiary/aromatic N) is 3. The minimum atomic E-state index is -0.446. The van der Waals surface area contributed by atoms with Crippen LogP contribution in [-0.2, 0) is 22.7 Å². The molecule has 3 heterocycles. The van der Waals surface area contributed by atoms with E-state index in [1.54, 1.807) is 22.9 Å². The highest BCUT2D eigenvalue weighted by molar-refractivity contribution is 5.94. The number of rotatable bonds is 4. The van der Waals surface area contributed by atoms with E-state index in [1.807, 2.05) is 65.2 Å². The van der Waals surface area contributed by atoms with Crippen molar-refractivity contribution in [3.8, 4) is 6.07 Å². The molecule has 5 rings (SSSR count). The summed E-state index contributed by atoms with van der Waals surface area (Å²) in [5.41, 5.74) is 3.21. The summed E-state index contributed by atoms with van der Waals surface area (Å²) in [4.78, 5) is 25.6. The lowest BCUT2D eigenvalue weighted by Crippen LogP contribution is -2.18. The van der Waals surface area contributed by atoms with E-state index in [1.165, 1.54) is 0 Å². The van der Waals surface area contributed by atoms with Gasteiger partial charge in [0.25, 0.3) is 0 Å². The fourth-order valence-electron chi connectivity index (χ4n) is 4.00. The van der Waals surface area contributed by atoms with E-state index in [2.05, 4.69) is 6.07 Å². The standard InChI is InChI=1S/C25H17N3O3/c26-13-20-17(14-27-12-6-5-9-21(20)27)16-31-24(29)15-28-22-10-3-1-7-18(22)25(30)19-8-2-4-11-23(19)28/h1-12,14H,15-16H2. The number of pyridine rings is 2. The van der Waals surface area contributed by atoms with Crippen LogP contribution in [0.2, 0.25) is 0 Å². The van der Waals surface area contributed by atoms with Crippen LogP contribution in [0.15, 0.2) is 83.9 Å². The minimum Gasteiger partial charge on any atom is -0.459 e. The Morgan fingerprint density at radius 2 is 1.52 bits per heavy atom. The van der Waals surface area contributed by atoms with Crippen molar-refractivity contribution in [3.63, 3.8) is 0 Å². The first-order valence-corrected chi connectivity index (χ1v) is 9.82. The van der Waals surface area contributed by atoms with Crippen LogP contribution in [0.4, 0.5) is 0 Å². The third kappa shape index (κ3) is 3.13. The summed E-state index contributed by atoms with van der Waals surface area (Å²) in [5.74, 6) is -0.446. The van der Waals surface area contributed by atoms with Crippen molar-refractivity contribution >= 4 is 33.3 Å². The molecule has 0 aliphatic rings. The number of nitriles is 1. The van der Waals surface area contributed by atoms with Gasteiger partial charge in [-0.1, -0.05) is 30.3 Å². The van der Waals surface area contributed by atoms with Crippen molar-refractivity contribution in [2.24, 2.45) is 0 Å². The summed E-state index contributed by atoms with van der Waals surface area (Å²) in [5, 5.41) is 10.6. The SMILES string of the molecule is N#Cc1c(COC(=O)Cn2c3ccccc3c(=O)c3ccccc32)cn2ccccc12. The van der Waals surface area contributed by atoms with Crippen LogP contribution >= 0.6 is 0 Å². The van der Waals surface area contributed by atoms with Crippen molar-refractivity contribution in [1.29, 1.82) is 5.26 Å². The molecule has 2 aromatic carbocycles.